The minimum atomic E-state index is -0.251. The zero-order valence-corrected chi connectivity index (χ0v) is 18.5. The molecular formula is C22H24N4O2S2. The van der Waals surface area contributed by atoms with Gasteiger partial charge in [0.05, 0.1) is 18.5 Å². The van der Waals surface area contributed by atoms with Crippen molar-refractivity contribution in [3.05, 3.63) is 41.0 Å². The number of hydrogen-bond acceptors (Lipinski definition) is 7. The Morgan fingerprint density at radius 2 is 2.00 bits per heavy atom. The summed E-state index contributed by atoms with van der Waals surface area (Å²) in [6, 6.07) is 8.05. The van der Waals surface area contributed by atoms with Gasteiger partial charge in [0.15, 0.2) is 0 Å². The summed E-state index contributed by atoms with van der Waals surface area (Å²) in [6.07, 6.45) is 5.04. The van der Waals surface area contributed by atoms with Crippen LogP contribution in [0.25, 0.3) is 10.2 Å². The Balaban J connectivity index is 1.26. The molecule has 0 saturated carbocycles. The number of aromatic nitrogens is 2. The van der Waals surface area contributed by atoms with Gasteiger partial charge in [-0.3, -0.25) is 4.79 Å². The second kappa shape index (κ2) is 8.53. The van der Waals surface area contributed by atoms with Crippen LogP contribution in [0.2, 0.25) is 0 Å². The van der Waals surface area contributed by atoms with Crippen molar-refractivity contribution in [3.63, 3.8) is 0 Å². The third kappa shape index (κ3) is 3.91. The number of aryl methyl sites for hydroxylation is 2. The van der Waals surface area contributed by atoms with E-state index >= 15 is 0 Å². The third-order valence-electron chi connectivity index (χ3n) is 5.64. The molecule has 1 aliphatic carbocycles. The molecule has 5 rings (SSSR count). The molecule has 0 spiro atoms. The zero-order chi connectivity index (χ0) is 20.5. The van der Waals surface area contributed by atoms with Crippen molar-refractivity contribution in [1.29, 1.82) is 0 Å². The molecule has 1 aromatic carbocycles. The largest absolute Gasteiger partial charge is 0.378 e. The zero-order valence-electron chi connectivity index (χ0n) is 16.9. The summed E-state index contributed by atoms with van der Waals surface area (Å²) in [5.41, 5.74) is 3.37. The number of carbonyl (C=O) groups excluding carboxylic acids is 1. The van der Waals surface area contributed by atoms with E-state index in [1.54, 1.807) is 17.7 Å². The van der Waals surface area contributed by atoms with Gasteiger partial charge in [0.2, 0.25) is 5.91 Å². The van der Waals surface area contributed by atoms with E-state index in [0.717, 1.165) is 65.8 Å². The number of fused-ring (bicyclic) bond motifs is 3. The average Bonchev–Trinajstić information content (AvgIpc) is 3.36. The Morgan fingerprint density at radius 3 is 2.80 bits per heavy atom. The quantitative estimate of drug-likeness (QED) is 0.475. The summed E-state index contributed by atoms with van der Waals surface area (Å²) in [5.74, 6) is -0.0160. The van der Waals surface area contributed by atoms with Crippen LogP contribution in [0.1, 0.15) is 23.8 Å². The van der Waals surface area contributed by atoms with Gasteiger partial charge in [0, 0.05) is 34.7 Å². The van der Waals surface area contributed by atoms with E-state index in [9.17, 15) is 4.79 Å². The van der Waals surface area contributed by atoms with Gasteiger partial charge in [-0.05, 0) is 56.0 Å². The highest BCUT2D eigenvalue weighted by molar-refractivity contribution is 8.00. The van der Waals surface area contributed by atoms with Gasteiger partial charge in [0.1, 0.15) is 16.2 Å². The molecule has 3 heterocycles. The van der Waals surface area contributed by atoms with Crippen molar-refractivity contribution in [1.82, 2.24) is 9.97 Å². The average molecular weight is 441 g/mol. The highest BCUT2D eigenvalue weighted by Crippen LogP contribution is 2.40. The molecule has 1 aliphatic heterocycles. The Labute approximate surface area is 184 Å². The third-order valence-corrected chi connectivity index (χ3v) is 7.94. The second-order valence-corrected chi connectivity index (χ2v) is 10.0. The Hall–Kier alpha value is -2.16. The number of anilines is 2. The van der Waals surface area contributed by atoms with E-state index in [2.05, 4.69) is 32.3 Å². The van der Waals surface area contributed by atoms with E-state index in [-0.39, 0.29) is 11.2 Å². The molecule has 1 amide bonds. The van der Waals surface area contributed by atoms with E-state index in [4.69, 9.17) is 4.74 Å². The number of morpholine rings is 1. The van der Waals surface area contributed by atoms with Crippen LogP contribution in [0.5, 0.6) is 0 Å². The summed E-state index contributed by atoms with van der Waals surface area (Å²) in [7, 11) is 0. The first kappa shape index (κ1) is 19.8. The summed E-state index contributed by atoms with van der Waals surface area (Å²) >= 11 is 3.29. The van der Waals surface area contributed by atoms with Crippen molar-refractivity contribution in [2.75, 3.05) is 36.5 Å². The molecule has 1 fully saturated rings. The van der Waals surface area contributed by atoms with Gasteiger partial charge < -0.3 is 15.0 Å². The predicted molar refractivity (Wildman–Crippen MR) is 123 cm³/mol. The number of nitrogens with zero attached hydrogens (tertiary/aromatic N) is 3. The van der Waals surface area contributed by atoms with Crippen LogP contribution < -0.4 is 10.2 Å². The minimum Gasteiger partial charge on any atom is -0.378 e. The molecule has 3 aromatic rings. The molecular weight excluding hydrogens is 416 g/mol. The fraction of sp³-hybridized carbons (Fsp3) is 0.409. The van der Waals surface area contributed by atoms with Crippen LogP contribution in [-0.4, -0.2) is 47.4 Å². The van der Waals surface area contributed by atoms with Crippen LogP contribution in [0.3, 0.4) is 0 Å². The van der Waals surface area contributed by atoms with Crippen molar-refractivity contribution in [2.45, 2.75) is 36.5 Å². The topological polar surface area (TPSA) is 67.4 Å². The van der Waals surface area contributed by atoms with Gasteiger partial charge in [-0.1, -0.05) is 11.8 Å². The lowest BCUT2D eigenvalue weighted by Crippen LogP contribution is -2.36. The number of hydrogen-bond donors (Lipinski definition) is 1. The number of carbonyl (C=O) groups is 1. The Kier molecular flexibility index (Phi) is 5.62. The molecule has 30 heavy (non-hydrogen) atoms. The van der Waals surface area contributed by atoms with Crippen molar-refractivity contribution >= 4 is 50.6 Å². The van der Waals surface area contributed by atoms with Crippen molar-refractivity contribution < 1.29 is 9.53 Å². The molecule has 2 aromatic heterocycles. The van der Waals surface area contributed by atoms with Crippen LogP contribution in [0.15, 0.2) is 35.6 Å². The molecule has 1 saturated heterocycles. The van der Waals surface area contributed by atoms with Crippen LogP contribution in [-0.2, 0) is 22.4 Å². The molecule has 0 bridgehead atoms. The van der Waals surface area contributed by atoms with E-state index < -0.39 is 0 Å². The fourth-order valence-corrected chi connectivity index (χ4v) is 6.27. The van der Waals surface area contributed by atoms with Gasteiger partial charge in [-0.2, -0.15) is 0 Å². The molecule has 0 unspecified atom stereocenters. The molecule has 156 valence electrons. The number of rotatable bonds is 5. The molecule has 1 atom stereocenters. The lowest BCUT2D eigenvalue weighted by atomic mass is 10.2. The summed E-state index contributed by atoms with van der Waals surface area (Å²) in [5, 5.41) is 4.87. The number of ether oxygens (including phenoxy) is 1. The lowest BCUT2D eigenvalue weighted by molar-refractivity contribution is -0.115. The van der Waals surface area contributed by atoms with Crippen molar-refractivity contribution in [3.8, 4) is 0 Å². The number of nitrogens with one attached hydrogen (secondary N) is 1. The maximum absolute atomic E-state index is 12.8. The first-order chi connectivity index (χ1) is 14.7. The fourth-order valence-electron chi connectivity index (χ4n) is 4.03. The van der Waals surface area contributed by atoms with Crippen LogP contribution in [0.4, 0.5) is 11.4 Å². The van der Waals surface area contributed by atoms with Crippen molar-refractivity contribution in [2.24, 2.45) is 0 Å². The second-order valence-electron chi connectivity index (χ2n) is 7.61. The maximum Gasteiger partial charge on any atom is 0.237 e. The maximum atomic E-state index is 12.8. The highest BCUT2D eigenvalue weighted by Gasteiger charge is 2.24. The normalized spacial score (nSPS) is 17.2. The summed E-state index contributed by atoms with van der Waals surface area (Å²) in [6.45, 7) is 5.26. The van der Waals surface area contributed by atoms with E-state index in [0.29, 0.717) is 0 Å². The summed E-state index contributed by atoms with van der Waals surface area (Å²) in [4.78, 5) is 26.6. The van der Waals surface area contributed by atoms with Gasteiger partial charge in [-0.25, -0.2) is 9.97 Å². The predicted octanol–water partition coefficient (Wildman–Crippen LogP) is 4.14. The molecule has 2 aliphatic rings. The van der Waals surface area contributed by atoms with Crippen LogP contribution in [0, 0.1) is 0 Å². The van der Waals surface area contributed by atoms with Gasteiger partial charge in [-0.15, -0.1) is 11.3 Å². The van der Waals surface area contributed by atoms with Crippen LogP contribution >= 0.6 is 23.1 Å². The first-order valence-electron chi connectivity index (χ1n) is 10.3. The Morgan fingerprint density at radius 1 is 1.20 bits per heavy atom. The van der Waals surface area contributed by atoms with E-state index in [1.165, 1.54) is 28.6 Å². The molecule has 8 heteroatoms. The number of amides is 1. The van der Waals surface area contributed by atoms with Gasteiger partial charge >= 0.3 is 0 Å². The van der Waals surface area contributed by atoms with E-state index in [1.807, 2.05) is 19.1 Å². The SMILES string of the molecule is C[C@@H](Sc1ncnc2sc3c(c12)CCC3)C(=O)Nc1ccc(N2CCOCC2)cc1. The number of thiophene rings is 1. The molecule has 1 N–H and O–H groups in total. The lowest BCUT2D eigenvalue weighted by Gasteiger charge is -2.28. The number of benzene rings is 1. The summed E-state index contributed by atoms with van der Waals surface area (Å²) < 4.78 is 5.41. The highest BCUT2D eigenvalue weighted by atomic mass is 32.2. The van der Waals surface area contributed by atoms with Gasteiger partial charge in [0.25, 0.3) is 0 Å². The standard InChI is InChI=1S/C22H24N4O2S2/c1-14(29-21-19-17-3-2-4-18(17)30-22(19)24-13-23-21)20(27)25-15-5-7-16(8-6-15)26-9-11-28-12-10-26/h5-8,13-14H,2-4,9-12H2,1H3,(H,25,27)/t14-/m1/s1. The molecule has 0 radical (unpaired) electrons. The first-order valence-corrected chi connectivity index (χ1v) is 12.0. The number of thioether (sulfide) groups is 1. The monoisotopic (exact) mass is 440 g/mol. The minimum absolute atomic E-state index is 0.0160. The Bertz CT molecular complexity index is 1060. The molecule has 6 nitrogen and oxygen atoms in total. The smallest absolute Gasteiger partial charge is 0.237 e.